The van der Waals surface area contributed by atoms with Crippen LogP contribution in [0.25, 0.3) is 0 Å². The predicted octanol–water partition coefficient (Wildman–Crippen LogP) is 0.305. The lowest BCUT2D eigenvalue weighted by molar-refractivity contribution is -0.165. The first-order valence-electron chi connectivity index (χ1n) is 5.12. The highest BCUT2D eigenvalue weighted by molar-refractivity contribution is 6.08. The molecule has 2 atom stereocenters. The molecule has 0 aliphatic carbocycles. The van der Waals surface area contributed by atoms with E-state index in [-0.39, 0.29) is 19.0 Å². The third-order valence-corrected chi connectivity index (χ3v) is 3.29. The van der Waals surface area contributed by atoms with Gasteiger partial charge in [-0.05, 0) is 19.4 Å². The number of piperidine rings is 1. The fourth-order valence-electron chi connectivity index (χ4n) is 2.42. The molecule has 2 aliphatic rings. The molecule has 0 aromatic carbocycles. The molecule has 2 fully saturated rings. The largest absolute Gasteiger partial charge is 0.466 e. The van der Waals surface area contributed by atoms with Gasteiger partial charge in [-0.2, -0.15) is 0 Å². The molecule has 0 bridgehead atoms. The Hall–Kier alpha value is -0.970. The number of alkyl halides is 1. The van der Waals surface area contributed by atoms with Gasteiger partial charge < -0.3 is 4.74 Å². The second-order valence-corrected chi connectivity index (χ2v) is 4.19. The highest BCUT2D eigenvalue weighted by Gasteiger charge is 2.54. The highest BCUT2D eigenvalue weighted by Crippen LogP contribution is 2.32. The lowest BCUT2D eigenvalue weighted by Crippen LogP contribution is -2.58. The molecule has 2 unspecified atom stereocenters. The molecule has 0 aromatic rings. The van der Waals surface area contributed by atoms with Gasteiger partial charge in [0.15, 0.2) is 5.78 Å². The summed E-state index contributed by atoms with van der Waals surface area (Å²) in [5, 5.41) is 0. The van der Waals surface area contributed by atoms with Crippen molar-refractivity contribution >= 4 is 11.8 Å². The average molecular weight is 215 g/mol. The lowest BCUT2D eigenvalue weighted by atomic mass is 9.89. The maximum absolute atomic E-state index is 14.1. The first-order valence-corrected chi connectivity index (χ1v) is 5.12. The van der Waals surface area contributed by atoms with Gasteiger partial charge >= 0.3 is 5.97 Å². The number of rotatable bonds is 1. The minimum atomic E-state index is -2.43. The molecule has 15 heavy (non-hydrogen) atoms. The lowest BCUT2D eigenvalue weighted by Gasteiger charge is -2.36. The van der Waals surface area contributed by atoms with Crippen LogP contribution in [0, 0.1) is 0 Å². The smallest absolute Gasteiger partial charge is 0.352 e. The van der Waals surface area contributed by atoms with Crippen molar-refractivity contribution in [3.63, 3.8) is 0 Å². The Morgan fingerprint density at radius 3 is 3.07 bits per heavy atom. The average Bonchev–Trinajstić information content (AvgIpc) is 2.64. The summed E-state index contributed by atoms with van der Waals surface area (Å²) in [7, 11) is 1.10. The van der Waals surface area contributed by atoms with Gasteiger partial charge in [0.05, 0.1) is 13.7 Å². The quantitative estimate of drug-likeness (QED) is 0.466. The van der Waals surface area contributed by atoms with Crippen LogP contribution in [0.5, 0.6) is 0 Å². The Balaban J connectivity index is 2.19. The Labute approximate surface area is 87.4 Å². The van der Waals surface area contributed by atoms with Crippen molar-refractivity contribution in [1.82, 2.24) is 4.90 Å². The summed E-state index contributed by atoms with van der Waals surface area (Å²) in [4.78, 5) is 24.7. The van der Waals surface area contributed by atoms with Crippen LogP contribution < -0.4 is 0 Å². The normalized spacial score (nSPS) is 36.4. The molecule has 84 valence electrons. The molecule has 2 aliphatic heterocycles. The zero-order valence-corrected chi connectivity index (χ0v) is 8.66. The number of methoxy groups -OCH3 is 1. The number of carbonyl (C=O) groups excluding carboxylic acids is 2. The summed E-state index contributed by atoms with van der Waals surface area (Å²) in [6.45, 7) is 0.629. The molecule has 0 N–H and O–H groups in total. The number of carbonyl (C=O) groups is 2. The van der Waals surface area contributed by atoms with E-state index in [9.17, 15) is 14.0 Å². The van der Waals surface area contributed by atoms with E-state index in [1.165, 1.54) is 0 Å². The maximum atomic E-state index is 14.1. The van der Waals surface area contributed by atoms with Gasteiger partial charge in [0.1, 0.15) is 0 Å². The maximum Gasteiger partial charge on any atom is 0.352 e. The van der Waals surface area contributed by atoms with Gasteiger partial charge in [-0.3, -0.25) is 9.69 Å². The zero-order valence-electron chi connectivity index (χ0n) is 8.66. The number of hydrogen-bond donors (Lipinski definition) is 0. The first-order chi connectivity index (χ1) is 7.08. The SMILES string of the molecule is COC(=O)C1(F)CN2CCCC2CC1=O. The van der Waals surface area contributed by atoms with Gasteiger partial charge in [0.2, 0.25) is 0 Å². The summed E-state index contributed by atoms with van der Waals surface area (Å²) in [6, 6.07) is 0.131. The number of ketones is 1. The molecular weight excluding hydrogens is 201 g/mol. The predicted molar refractivity (Wildman–Crippen MR) is 50.1 cm³/mol. The number of ether oxygens (including phenoxy) is 1. The van der Waals surface area contributed by atoms with Crippen LogP contribution in [-0.2, 0) is 14.3 Å². The van der Waals surface area contributed by atoms with Crippen molar-refractivity contribution in [1.29, 1.82) is 0 Å². The Kier molecular flexibility index (Phi) is 2.50. The summed E-state index contributed by atoms with van der Waals surface area (Å²) < 4.78 is 18.5. The molecule has 0 spiro atoms. The summed E-state index contributed by atoms with van der Waals surface area (Å²) in [5.74, 6) is -1.68. The third-order valence-electron chi connectivity index (χ3n) is 3.29. The van der Waals surface area contributed by atoms with Crippen molar-refractivity contribution in [2.24, 2.45) is 0 Å². The Morgan fingerprint density at radius 1 is 1.67 bits per heavy atom. The Morgan fingerprint density at radius 2 is 2.40 bits per heavy atom. The molecule has 0 radical (unpaired) electrons. The van der Waals surface area contributed by atoms with Crippen molar-refractivity contribution in [2.75, 3.05) is 20.2 Å². The minimum absolute atomic E-state index is 0.131. The van der Waals surface area contributed by atoms with Crippen LogP contribution in [0.2, 0.25) is 0 Å². The second-order valence-electron chi connectivity index (χ2n) is 4.19. The second kappa shape index (κ2) is 3.56. The fourth-order valence-corrected chi connectivity index (χ4v) is 2.42. The monoisotopic (exact) mass is 215 g/mol. The standard InChI is InChI=1S/C10H14FNO3/c1-15-9(14)10(11)6-12-4-2-3-7(12)5-8(10)13/h7H,2-6H2,1H3. The van der Waals surface area contributed by atoms with E-state index in [0.717, 1.165) is 26.5 Å². The fraction of sp³-hybridized carbons (Fsp3) is 0.800. The van der Waals surface area contributed by atoms with E-state index in [4.69, 9.17) is 0 Å². The van der Waals surface area contributed by atoms with E-state index < -0.39 is 17.4 Å². The minimum Gasteiger partial charge on any atom is -0.466 e. The number of Topliss-reactive ketones (excluding diaryl/α,β-unsaturated/α-hetero) is 1. The van der Waals surface area contributed by atoms with Crippen LogP contribution in [0.3, 0.4) is 0 Å². The number of esters is 1. The topological polar surface area (TPSA) is 46.6 Å². The number of fused-ring (bicyclic) bond motifs is 1. The van der Waals surface area contributed by atoms with E-state index in [2.05, 4.69) is 4.74 Å². The van der Waals surface area contributed by atoms with E-state index in [0.29, 0.717) is 0 Å². The summed E-state index contributed by atoms with van der Waals surface area (Å²) in [5.41, 5.74) is -2.43. The van der Waals surface area contributed by atoms with E-state index in [1.54, 1.807) is 0 Å². The third kappa shape index (κ3) is 1.55. The van der Waals surface area contributed by atoms with Crippen molar-refractivity contribution in [2.45, 2.75) is 31.0 Å². The number of nitrogens with zero attached hydrogens (tertiary/aromatic N) is 1. The van der Waals surface area contributed by atoms with Gasteiger partial charge in [0, 0.05) is 12.5 Å². The number of hydrogen-bond acceptors (Lipinski definition) is 4. The Bertz CT molecular complexity index is 307. The van der Waals surface area contributed by atoms with Crippen LogP contribution in [0.4, 0.5) is 4.39 Å². The molecule has 2 heterocycles. The zero-order chi connectivity index (χ0) is 11.1. The first kappa shape index (κ1) is 10.5. The molecular formula is C10H14FNO3. The van der Waals surface area contributed by atoms with Crippen LogP contribution in [0.15, 0.2) is 0 Å². The molecule has 0 aromatic heterocycles. The van der Waals surface area contributed by atoms with Gasteiger partial charge in [-0.25, -0.2) is 9.18 Å². The highest BCUT2D eigenvalue weighted by atomic mass is 19.1. The molecule has 2 saturated heterocycles. The van der Waals surface area contributed by atoms with Crippen LogP contribution in [0.1, 0.15) is 19.3 Å². The van der Waals surface area contributed by atoms with Crippen LogP contribution >= 0.6 is 0 Å². The van der Waals surface area contributed by atoms with Gasteiger partial charge in [-0.1, -0.05) is 0 Å². The molecule has 4 nitrogen and oxygen atoms in total. The van der Waals surface area contributed by atoms with Crippen LogP contribution in [-0.4, -0.2) is 48.6 Å². The molecule has 0 saturated carbocycles. The van der Waals surface area contributed by atoms with E-state index >= 15 is 0 Å². The van der Waals surface area contributed by atoms with Crippen molar-refractivity contribution < 1.29 is 18.7 Å². The molecule has 2 rings (SSSR count). The summed E-state index contributed by atoms with van der Waals surface area (Å²) in [6.07, 6.45) is 2.02. The van der Waals surface area contributed by atoms with Crippen molar-refractivity contribution in [3.05, 3.63) is 0 Å². The van der Waals surface area contributed by atoms with Gasteiger partial charge in [-0.15, -0.1) is 0 Å². The molecule has 5 heteroatoms. The summed E-state index contributed by atoms with van der Waals surface area (Å²) >= 11 is 0. The molecule has 0 amide bonds. The van der Waals surface area contributed by atoms with Gasteiger partial charge in [0.25, 0.3) is 5.67 Å². The van der Waals surface area contributed by atoms with E-state index in [1.807, 2.05) is 4.90 Å². The van der Waals surface area contributed by atoms with Crippen molar-refractivity contribution in [3.8, 4) is 0 Å². The number of halogens is 1.